The molecule has 0 unspecified atom stereocenters. The number of pyridine rings is 1. The maximum absolute atomic E-state index is 13.2. The lowest BCUT2D eigenvalue weighted by Crippen LogP contribution is -2.04. The van der Waals surface area contributed by atoms with Gasteiger partial charge in [-0.25, -0.2) is 14.4 Å². The van der Waals surface area contributed by atoms with Gasteiger partial charge in [0.15, 0.2) is 0 Å². The smallest absolute Gasteiger partial charge is 0.142 e. The zero-order valence-electron chi connectivity index (χ0n) is 13.6. The first-order valence-electron chi connectivity index (χ1n) is 7.97. The summed E-state index contributed by atoms with van der Waals surface area (Å²) in [5.41, 5.74) is 3.74. The minimum atomic E-state index is -0.440. The quantitative estimate of drug-likeness (QED) is 0.330. The third-order valence-electron chi connectivity index (χ3n) is 4.09. The van der Waals surface area contributed by atoms with Gasteiger partial charge in [0.25, 0.3) is 0 Å². The van der Waals surface area contributed by atoms with Gasteiger partial charge >= 0.3 is 0 Å². The Morgan fingerprint density at radius 1 is 1.04 bits per heavy atom. The number of benzene rings is 1. The van der Waals surface area contributed by atoms with E-state index in [2.05, 4.69) is 61.2 Å². The summed E-state index contributed by atoms with van der Waals surface area (Å²) >= 11 is 4.51. The van der Waals surface area contributed by atoms with E-state index in [1.165, 1.54) is 0 Å². The first-order chi connectivity index (χ1) is 12.7. The molecule has 3 heterocycles. The molecule has 5 nitrogen and oxygen atoms in total. The fourth-order valence-electron chi connectivity index (χ4n) is 2.94. The second-order valence-corrected chi connectivity index (χ2v) is 8.19. The van der Waals surface area contributed by atoms with Crippen molar-refractivity contribution < 1.29 is 4.39 Å². The van der Waals surface area contributed by atoms with Crippen molar-refractivity contribution in [1.82, 2.24) is 24.1 Å². The van der Waals surface area contributed by atoms with E-state index in [0.717, 1.165) is 35.3 Å². The van der Waals surface area contributed by atoms with E-state index in [4.69, 9.17) is 4.98 Å². The summed E-state index contributed by atoms with van der Waals surface area (Å²) in [6.45, 7) is 0.514. The maximum Gasteiger partial charge on any atom is 0.142 e. The minimum Gasteiger partial charge on any atom is -0.322 e. The molecule has 26 heavy (non-hydrogen) atoms. The average Bonchev–Trinajstić information content (AvgIpc) is 3.20. The summed E-state index contributed by atoms with van der Waals surface area (Å²) in [7, 11) is 0. The van der Waals surface area contributed by atoms with Crippen LogP contribution in [0.2, 0.25) is 0 Å². The van der Waals surface area contributed by atoms with Crippen molar-refractivity contribution >= 4 is 56.2 Å². The molecular weight excluding hydrogens is 559 g/mol. The van der Waals surface area contributed by atoms with Gasteiger partial charge < -0.3 is 9.13 Å². The lowest BCUT2D eigenvalue weighted by Gasteiger charge is -2.09. The van der Waals surface area contributed by atoms with Gasteiger partial charge in [0, 0.05) is 21.5 Å². The van der Waals surface area contributed by atoms with Crippen LogP contribution in [0.1, 0.15) is 5.56 Å². The number of nitrogens with zero attached hydrogens (tertiary/aromatic N) is 5. The second kappa shape index (κ2) is 7.59. The maximum atomic E-state index is 13.2. The predicted molar refractivity (Wildman–Crippen MR) is 116 cm³/mol. The molecule has 0 amide bonds. The molecule has 8 heteroatoms. The summed E-state index contributed by atoms with van der Waals surface area (Å²) < 4.78 is 19.3. The van der Waals surface area contributed by atoms with Crippen molar-refractivity contribution in [2.24, 2.45) is 0 Å². The molecule has 0 saturated heterocycles. The molecule has 0 bridgehead atoms. The number of aryl methyl sites for hydroxylation is 1. The Balaban J connectivity index is 1.78. The molecule has 0 aliphatic rings. The Morgan fingerprint density at radius 2 is 1.92 bits per heavy atom. The Kier molecular flexibility index (Phi) is 5.20. The molecule has 3 aromatic heterocycles. The van der Waals surface area contributed by atoms with Crippen LogP contribution in [-0.4, -0.2) is 30.8 Å². The van der Waals surface area contributed by atoms with Gasteiger partial charge in [-0.05, 0) is 75.0 Å². The summed E-state index contributed by atoms with van der Waals surface area (Å²) in [6.07, 6.45) is 7.24. The number of halogens is 3. The molecule has 0 aliphatic heterocycles. The zero-order chi connectivity index (χ0) is 18.1. The first kappa shape index (κ1) is 17.8. The van der Waals surface area contributed by atoms with Crippen molar-refractivity contribution in [2.45, 2.75) is 13.1 Å². The van der Waals surface area contributed by atoms with E-state index in [1.54, 1.807) is 12.5 Å². The highest BCUT2D eigenvalue weighted by Gasteiger charge is 2.14. The summed E-state index contributed by atoms with van der Waals surface area (Å²) in [5, 5.41) is 0. The summed E-state index contributed by atoms with van der Waals surface area (Å²) in [5.74, 6) is 0.745. The number of hydrogen-bond acceptors (Lipinski definition) is 3. The van der Waals surface area contributed by atoms with Crippen molar-refractivity contribution in [3.05, 3.63) is 62.0 Å². The normalized spacial score (nSPS) is 11.3. The van der Waals surface area contributed by atoms with E-state index >= 15 is 0 Å². The number of rotatable bonds is 5. The predicted octanol–water partition coefficient (Wildman–Crippen LogP) is 4.52. The van der Waals surface area contributed by atoms with Crippen LogP contribution >= 0.6 is 45.2 Å². The molecule has 0 N–H and O–H groups in total. The highest BCUT2D eigenvalue weighted by Crippen LogP contribution is 2.26. The molecule has 4 aromatic rings. The van der Waals surface area contributed by atoms with Gasteiger partial charge in [-0.1, -0.05) is 0 Å². The van der Waals surface area contributed by atoms with Gasteiger partial charge in [-0.15, -0.1) is 0 Å². The van der Waals surface area contributed by atoms with Crippen LogP contribution in [0.4, 0.5) is 4.39 Å². The topological polar surface area (TPSA) is 48.5 Å². The Labute approximate surface area is 177 Å². The van der Waals surface area contributed by atoms with Gasteiger partial charge in [-0.2, -0.15) is 0 Å². The standard InChI is InChI=1S/C18H14FI2N5/c19-3-4-26-16-6-14(20)1-2-15(16)24-18(26)13-5-12(7-22-8-13)10-25-11-23-9-17(25)21/h1-2,5-9,11H,3-4,10H2. The fourth-order valence-corrected chi connectivity index (χ4v) is 3.87. The van der Waals surface area contributed by atoms with E-state index in [1.807, 2.05) is 39.7 Å². The minimum absolute atomic E-state index is 0.273. The van der Waals surface area contributed by atoms with Gasteiger partial charge in [0.05, 0.1) is 40.3 Å². The lowest BCUT2D eigenvalue weighted by molar-refractivity contribution is 0.451. The number of hydrogen-bond donors (Lipinski definition) is 0. The lowest BCUT2D eigenvalue weighted by atomic mass is 10.2. The van der Waals surface area contributed by atoms with Crippen LogP contribution in [0.25, 0.3) is 22.4 Å². The van der Waals surface area contributed by atoms with Gasteiger partial charge in [0.2, 0.25) is 0 Å². The molecule has 0 aliphatic carbocycles. The van der Waals surface area contributed by atoms with Crippen molar-refractivity contribution in [2.75, 3.05) is 6.67 Å². The first-order valence-corrected chi connectivity index (χ1v) is 10.1. The summed E-state index contributed by atoms with van der Waals surface area (Å²) in [6, 6.07) is 8.08. The van der Waals surface area contributed by atoms with E-state index in [0.29, 0.717) is 6.54 Å². The molecule has 0 spiro atoms. The number of alkyl halides is 1. The van der Waals surface area contributed by atoms with Crippen LogP contribution in [0.5, 0.6) is 0 Å². The van der Waals surface area contributed by atoms with Crippen LogP contribution in [0.3, 0.4) is 0 Å². The van der Waals surface area contributed by atoms with Crippen molar-refractivity contribution in [3.63, 3.8) is 0 Å². The molecule has 4 rings (SSSR count). The molecule has 0 saturated carbocycles. The number of imidazole rings is 2. The highest BCUT2D eigenvalue weighted by molar-refractivity contribution is 14.1. The molecular formula is C18H14FI2N5. The summed E-state index contributed by atoms with van der Waals surface area (Å²) in [4.78, 5) is 13.3. The third kappa shape index (κ3) is 3.48. The SMILES string of the molecule is FCCn1c(-c2cncc(Cn3cncc3I)c2)nc2ccc(I)cc21. The Hall–Kier alpha value is -1.56. The van der Waals surface area contributed by atoms with Crippen LogP contribution in [0.15, 0.2) is 49.2 Å². The van der Waals surface area contributed by atoms with Crippen LogP contribution in [-0.2, 0) is 13.1 Å². The van der Waals surface area contributed by atoms with E-state index in [9.17, 15) is 4.39 Å². The Morgan fingerprint density at radius 3 is 2.69 bits per heavy atom. The largest absolute Gasteiger partial charge is 0.322 e. The Bertz CT molecular complexity index is 1070. The van der Waals surface area contributed by atoms with E-state index in [-0.39, 0.29) is 6.54 Å². The zero-order valence-corrected chi connectivity index (χ0v) is 17.9. The fraction of sp³-hybridized carbons (Fsp3) is 0.167. The van der Waals surface area contributed by atoms with Crippen molar-refractivity contribution in [1.29, 1.82) is 0 Å². The molecule has 0 radical (unpaired) electrons. The van der Waals surface area contributed by atoms with Gasteiger partial charge in [-0.3, -0.25) is 4.98 Å². The molecule has 1 aromatic carbocycles. The molecule has 0 atom stereocenters. The van der Waals surface area contributed by atoms with Crippen LogP contribution in [0, 0.1) is 7.27 Å². The molecule has 132 valence electrons. The van der Waals surface area contributed by atoms with E-state index < -0.39 is 6.67 Å². The second-order valence-electron chi connectivity index (χ2n) is 5.84. The average molecular weight is 573 g/mol. The number of aromatic nitrogens is 5. The number of fused-ring (bicyclic) bond motifs is 1. The molecule has 0 fully saturated rings. The highest BCUT2D eigenvalue weighted by atomic mass is 127. The third-order valence-corrected chi connectivity index (χ3v) is 5.66. The monoisotopic (exact) mass is 573 g/mol. The van der Waals surface area contributed by atoms with Crippen LogP contribution < -0.4 is 0 Å². The van der Waals surface area contributed by atoms with Gasteiger partial charge in [0.1, 0.15) is 12.5 Å². The van der Waals surface area contributed by atoms with Crippen molar-refractivity contribution in [3.8, 4) is 11.4 Å².